The van der Waals surface area contributed by atoms with Crippen molar-refractivity contribution in [1.82, 2.24) is 0 Å². The first-order valence-electron chi connectivity index (χ1n) is 12.1. The molecule has 0 aromatic heterocycles. The van der Waals surface area contributed by atoms with E-state index < -0.39 is 24.3 Å². The molecule has 0 amide bonds. The van der Waals surface area contributed by atoms with Crippen molar-refractivity contribution in [3.63, 3.8) is 0 Å². The molecule has 0 saturated heterocycles. The van der Waals surface area contributed by atoms with Crippen molar-refractivity contribution in [2.24, 2.45) is 0 Å². The molecule has 1 atom stereocenters. The van der Waals surface area contributed by atoms with Crippen LogP contribution in [-0.2, 0) is 0 Å². The number of carbonyl (C=O) groups is 1. The number of carbonyl (C=O) groups excluding carboxylic acids is 1. The summed E-state index contributed by atoms with van der Waals surface area (Å²) < 4.78 is 39.7. The Morgan fingerprint density at radius 3 is 1.81 bits per heavy atom. The van der Waals surface area contributed by atoms with Gasteiger partial charge in [0.15, 0.2) is 5.78 Å². The maximum atomic E-state index is 13.2. The molecule has 0 saturated carbocycles. The standard InChI is InChI=1S/C32H22F3NO/c33-32(34,35)20-29-27-19-18-25(26-12-7-13-28(30(26)27)31(29)37)21-14-16-24(17-15-21)36(22-8-3-1-4-9-22)23-10-5-2-6-11-23/h1-19,29H,20H2. The fourth-order valence-corrected chi connectivity index (χ4v) is 5.34. The Morgan fingerprint density at radius 1 is 0.622 bits per heavy atom. The van der Waals surface area contributed by atoms with Crippen LogP contribution in [0.3, 0.4) is 0 Å². The van der Waals surface area contributed by atoms with Gasteiger partial charge in [-0.1, -0.05) is 78.9 Å². The lowest BCUT2D eigenvalue weighted by atomic mass is 9.92. The topological polar surface area (TPSA) is 20.3 Å². The first-order chi connectivity index (χ1) is 17.9. The minimum atomic E-state index is -4.41. The van der Waals surface area contributed by atoms with Gasteiger partial charge < -0.3 is 4.90 Å². The summed E-state index contributed by atoms with van der Waals surface area (Å²) in [7, 11) is 0. The van der Waals surface area contributed by atoms with E-state index in [1.165, 1.54) is 0 Å². The molecule has 6 rings (SSSR count). The molecule has 1 aliphatic rings. The third kappa shape index (κ3) is 4.16. The second-order valence-corrected chi connectivity index (χ2v) is 9.22. The average molecular weight is 494 g/mol. The lowest BCUT2D eigenvalue weighted by Crippen LogP contribution is -2.17. The highest BCUT2D eigenvalue weighted by Crippen LogP contribution is 2.46. The van der Waals surface area contributed by atoms with Crippen molar-refractivity contribution < 1.29 is 18.0 Å². The number of hydrogen-bond acceptors (Lipinski definition) is 2. The molecule has 1 aliphatic carbocycles. The molecule has 182 valence electrons. The van der Waals surface area contributed by atoms with Crippen molar-refractivity contribution in [2.45, 2.75) is 18.5 Å². The summed E-state index contributed by atoms with van der Waals surface area (Å²) in [5.41, 5.74) is 5.69. The van der Waals surface area contributed by atoms with E-state index in [2.05, 4.69) is 29.2 Å². The van der Waals surface area contributed by atoms with E-state index in [-0.39, 0.29) is 0 Å². The van der Waals surface area contributed by atoms with Gasteiger partial charge in [-0.2, -0.15) is 13.2 Å². The zero-order valence-corrected chi connectivity index (χ0v) is 19.7. The van der Waals surface area contributed by atoms with Crippen molar-refractivity contribution in [2.75, 3.05) is 4.90 Å². The lowest BCUT2D eigenvalue weighted by Gasteiger charge is -2.25. The van der Waals surface area contributed by atoms with E-state index in [1.807, 2.05) is 72.8 Å². The van der Waals surface area contributed by atoms with Gasteiger partial charge in [0.1, 0.15) is 0 Å². The molecular weight excluding hydrogens is 471 g/mol. The van der Waals surface area contributed by atoms with Crippen LogP contribution in [0.15, 0.2) is 115 Å². The molecule has 1 unspecified atom stereocenters. The van der Waals surface area contributed by atoms with E-state index in [4.69, 9.17) is 0 Å². The highest BCUT2D eigenvalue weighted by atomic mass is 19.4. The molecule has 2 nitrogen and oxygen atoms in total. The maximum absolute atomic E-state index is 13.2. The summed E-state index contributed by atoms with van der Waals surface area (Å²) in [6.07, 6.45) is -5.55. The SMILES string of the molecule is O=C1c2cccc3c(-c4ccc(N(c5ccccc5)c5ccccc5)cc4)ccc(c23)C1CC(F)(F)F. The minimum Gasteiger partial charge on any atom is -0.311 e. The largest absolute Gasteiger partial charge is 0.390 e. The summed E-state index contributed by atoms with van der Waals surface area (Å²) in [5.74, 6) is -1.63. The summed E-state index contributed by atoms with van der Waals surface area (Å²) in [6.45, 7) is 0. The first-order valence-corrected chi connectivity index (χ1v) is 12.1. The summed E-state index contributed by atoms with van der Waals surface area (Å²) >= 11 is 0. The molecule has 5 aromatic rings. The van der Waals surface area contributed by atoms with Gasteiger partial charge in [0.05, 0.1) is 12.3 Å². The van der Waals surface area contributed by atoms with Gasteiger partial charge >= 0.3 is 6.18 Å². The molecule has 0 aliphatic heterocycles. The zero-order valence-electron chi connectivity index (χ0n) is 19.7. The summed E-state index contributed by atoms with van der Waals surface area (Å²) in [4.78, 5) is 15.1. The molecule has 5 heteroatoms. The van der Waals surface area contributed by atoms with Crippen molar-refractivity contribution in [1.29, 1.82) is 0 Å². The van der Waals surface area contributed by atoms with Crippen LogP contribution in [0.25, 0.3) is 21.9 Å². The van der Waals surface area contributed by atoms with Crippen LogP contribution in [0.2, 0.25) is 0 Å². The van der Waals surface area contributed by atoms with Gasteiger partial charge in [0.2, 0.25) is 0 Å². The number of alkyl halides is 3. The third-order valence-corrected chi connectivity index (χ3v) is 6.93. The average Bonchev–Trinajstić information content (AvgIpc) is 3.17. The first kappa shape index (κ1) is 23.0. The van der Waals surface area contributed by atoms with E-state index in [0.29, 0.717) is 16.5 Å². The van der Waals surface area contributed by atoms with Crippen molar-refractivity contribution in [3.05, 3.63) is 126 Å². The quantitative estimate of drug-likeness (QED) is 0.243. The van der Waals surface area contributed by atoms with Gasteiger partial charge in [-0.05, 0) is 63.9 Å². The number of halogens is 3. The van der Waals surface area contributed by atoms with E-state index in [1.54, 1.807) is 18.2 Å². The van der Waals surface area contributed by atoms with Crippen LogP contribution in [-0.4, -0.2) is 12.0 Å². The zero-order chi connectivity index (χ0) is 25.6. The van der Waals surface area contributed by atoms with Gasteiger partial charge in [0, 0.05) is 22.6 Å². The Labute approximate surface area is 212 Å². The number of hydrogen-bond donors (Lipinski definition) is 0. The molecule has 0 bridgehead atoms. The molecule has 5 aromatic carbocycles. The number of para-hydroxylation sites is 2. The Hall–Kier alpha value is -4.38. The van der Waals surface area contributed by atoms with Crippen molar-refractivity contribution in [3.8, 4) is 11.1 Å². The fourth-order valence-electron chi connectivity index (χ4n) is 5.34. The molecule has 0 fully saturated rings. The normalized spacial score (nSPS) is 14.8. The number of ketones is 1. The van der Waals surface area contributed by atoms with Crippen LogP contribution in [0.5, 0.6) is 0 Å². The number of anilines is 3. The van der Waals surface area contributed by atoms with Gasteiger partial charge in [-0.3, -0.25) is 4.79 Å². The fraction of sp³-hybridized carbons (Fsp3) is 0.0938. The van der Waals surface area contributed by atoms with Gasteiger partial charge in [-0.15, -0.1) is 0 Å². The Kier molecular flexibility index (Phi) is 5.56. The van der Waals surface area contributed by atoms with Gasteiger partial charge in [-0.25, -0.2) is 0 Å². The predicted molar refractivity (Wildman–Crippen MR) is 142 cm³/mol. The molecular formula is C32H22F3NO. The monoisotopic (exact) mass is 493 g/mol. The van der Waals surface area contributed by atoms with Crippen LogP contribution >= 0.6 is 0 Å². The van der Waals surface area contributed by atoms with Crippen LogP contribution < -0.4 is 4.90 Å². The van der Waals surface area contributed by atoms with E-state index in [0.717, 1.165) is 33.6 Å². The maximum Gasteiger partial charge on any atom is 0.390 e. The van der Waals surface area contributed by atoms with Crippen LogP contribution in [0.4, 0.5) is 30.2 Å². The van der Waals surface area contributed by atoms with Crippen LogP contribution in [0.1, 0.15) is 28.3 Å². The van der Waals surface area contributed by atoms with Crippen LogP contribution in [0, 0.1) is 0 Å². The molecule has 0 N–H and O–H groups in total. The highest BCUT2D eigenvalue weighted by molar-refractivity contribution is 6.20. The van der Waals surface area contributed by atoms with E-state index in [9.17, 15) is 18.0 Å². The molecule has 0 heterocycles. The van der Waals surface area contributed by atoms with Gasteiger partial charge in [0.25, 0.3) is 0 Å². The smallest absolute Gasteiger partial charge is 0.311 e. The molecule has 37 heavy (non-hydrogen) atoms. The Balaban J connectivity index is 1.42. The lowest BCUT2D eigenvalue weighted by molar-refractivity contribution is -0.136. The predicted octanol–water partition coefficient (Wildman–Crippen LogP) is 9.21. The number of rotatable bonds is 5. The van der Waals surface area contributed by atoms with Crippen molar-refractivity contribution >= 4 is 33.6 Å². The highest BCUT2D eigenvalue weighted by Gasteiger charge is 2.41. The number of Topliss-reactive ketones (excluding diaryl/α,β-unsaturated/α-hetero) is 1. The second kappa shape index (κ2) is 8.93. The third-order valence-electron chi connectivity index (χ3n) is 6.93. The molecule has 0 spiro atoms. The number of benzene rings is 5. The summed E-state index contributed by atoms with van der Waals surface area (Å²) in [6, 6.07) is 37.1. The second-order valence-electron chi connectivity index (χ2n) is 9.22. The molecule has 0 radical (unpaired) electrons. The van der Waals surface area contributed by atoms with E-state index >= 15 is 0 Å². The number of nitrogens with zero attached hydrogens (tertiary/aromatic N) is 1. The Morgan fingerprint density at radius 2 is 1.22 bits per heavy atom. The Bertz CT molecular complexity index is 1550. The summed E-state index contributed by atoms with van der Waals surface area (Å²) in [5, 5.41) is 1.43. The minimum absolute atomic E-state index is 0.375.